The molecular weight excluding hydrogens is 412 g/mol. The third-order valence-electron chi connectivity index (χ3n) is 6.18. The van der Waals surface area contributed by atoms with Gasteiger partial charge in [0.15, 0.2) is 5.11 Å². The van der Waals surface area contributed by atoms with E-state index in [1.54, 1.807) is 0 Å². The molecule has 2 unspecified atom stereocenters. The average Bonchev–Trinajstić information content (AvgIpc) is 3.44. The molecule has 0 aliphatic carbocycles. The van der Waals surface area contributed by atoms with Crippen LogP contribution in [0.3, 0.4) is 0 Å². The maximum Gasteiger partial charge on any atom is 0.174 e. The predicted octanol–water partition coefficient (Wildman–Crippen LogP) is 5.92. The van der Waals surface area contributed by atoms with Crippen LogP contribution in [0.5, 0.6) is 0 Å². The summed E-state index contributed by atoms with van der Waals surface area (Å²) in [6.07, 6.45) is 4.99. The number of hydrogen-bond acceptors (Lipinski definition) is 2. The van der Waals surface area contributed by atoms with Crippen molar-refractivity contribution >= 4 is 23.0 Å². The standard InChI is InChI=1S/C27H26N4S/c1-3-20-13-15-21(16-14-20)31-26(25(29-27(31)32)22-10-6-7-17-28-22)24-12-8-18-30(24)23-11-5-4-9-19(23)2/h4-18,25-26H,3H2,1-2H3,(H,29,32). The predicted molar refractivity (Wildman–Crippen MR) is 134 cm³/mol. The first-order chi connectivity index (χ1) is 15.7. The van der Waals surface area contributed by atoms with Crippen LogP contribution in [0.15, 0.2) is 91.3 Å². The van der Waals surface area contributed by atoms with Gasteiger partial charge in [-0.3, -0.25) is 4.98 Å². The number of anilines is 1. The fourth-order valence-electron chi connectivity index (χ4n) is 4.51. The minimum atomic E-state index is -0.0628. The maximum absolute atomic E-state index is 5.88. The van der Waals surface area contributed by atoms with Gasteiger partial charge in [-0.25, -0.2) is 0 Å². The van der Waals surface area contributed by atoms with Gasteiger partial charge in [-0.1, -0.05) is 43.3 Å². The highest BCUT2D eigenvalue weighted by atomic mass is 32.1. The molecule has 5 heteroatoms. The van der Waals surface area contributed by atoms with Gasteiger partial charge in [0.25, 0.3) is 0 Å². The SMILES string of the molecule is CCc1ccc(N2C(=S)NC(c3ccccn3)C2c2cccn2-c2ccccc2C)cc1. The van der Waals surface area contributed by atoms with Crippen LogP contribution in [0.4, 0.5) is 5.69 Å². The minimum absolute atomic E-state index is 0.0421. The van der Waals surface area contributed by atoms with E-state index in [-0.39, 0.29) is 12.1 Å². The van der Waals surface area contributed by atoms with E-state index in [1.165, 1.54) is 22.5 Å². The number of pyridine rings is 1. The average molecular weight is 439 g/mol. The zero-order chi connectivity index (χ0) is 22.1. The highest BCUT2D eigenvalue weighted by Crippen LogP contribution is 2.42. The van der Waals surface area contributed by atoms with Gasteiger partial charge in [0, 0.05) is 29.5 Å². The molecule has 32 heavy (non-hydrogen) atoms. The van der Waals surface area contributed by atoms with Crippen LogP contribution in [0.1, 0.15) is 41.5 Å². The first-order valence-corrected chi connectivity index (χ1v) is 11.4. The van der Waals surface area contributed by atoms with Crippen LogP contribution in [0, 0.1) is 6.92 Å². The largest absolute Gasteiger partial charge is 0.351 e. The van der Waals surface area contributed by atoms with Crippen LogP contribution in [-0.4, -0.2) is 14.7 Å². The second kappa shape index (κ2) is 8.60. The Bertz CT molecular complexity index is 1230. The molecule has 3 heterocycles. The Morgan fingerprint density at radius 3 is 2.44 bits per heavy atom. The summed E-state index contributed by atoms with van der Waals surface area (Å²) in [6, 6.07) is 27.4. The van der Waals surface area contributed by atoms with Crippen molar-refractivity contribution in [2.24, 2.45) is 0 Å². The number of benzene rings is 2. The molecule has 1 fully saturated rings. The zero-order valence-electron chi connectivity index (χ0n) is 18.3. The van der Waals surface area contributed by atoms with E-state index in [4.69, 9.17) is 12.2 Å². The van der Waals surface area contributed by atoms with E-state index in [9.17, 15) is 0 Å². The summed E-state index contributed by atoms with van der Waals surface area (Å²) >= 11 is 5.88. The van der Waals surface area contributed by atoms with E-state index < -0.39 is 0 Å². The van der Waals surface area contributed by atoms with Crippen molar-refractivity contribution in [2.75, 3.05) is 4.90 Å². The first-order valence-electron chi connectivity index (χ1n) is 11.0. The van der Waals surface area contributed by atoms with Gasteiger partial charge in [-0.05, 0) is 79.2 Å². The maximum atomic E-state index is 5.88. The third-order valence-corrected chi connectivity index (χ3v) is 6.49. The second-order valence-corrected chi connectivity index (χ2v) is 8.49. The summed E-state index contributed by atoms with van der Waals surface area (Å²) in [4.78, 5) is 6.91. The second-order valence-electron chi connectivity index (χ2n) is 8.11. The van der Waals surface area contributed by atoms with E-state index in [1.807, 2.05) is 18.3 Å². The summed E-state index contributed by atoms with van der Waals surface area (Å²) in [5, 5.41) is 4.28. The summed E-state index contributed by atoms with van der Waals surface area (Å²) in [5.74, 6) is 0. The van der Waals surface area contributed by atoms with Gasteiger partial charge >= 0.3 is 0 Å². The molecule has 1 aliphatic rings. The van der Waals surface area contributed by atoms with Crippen LogP contribution < -0.4 is 10.2 Å². The third kappa shape index (κ3) is 3.59. The monoisotopic (exact) mass is 438 g/mol. The molecule has 0 amide bonds. The number of rotatable bonds is 5. The molecule has 4 aromatic rings. The summed E-state index contributed by atoms with van der Waals surface area (Å²) < 4.78 is 2.28. The zero-order valence-corrected chi connectivity index (χ0v) is 19.1. The van der Waals surface area contributed by atoms with Gasteiger partial charge in [0.2, 0.25) is 0 Å². The molecule has 1 saturated heterocycles. The highest BCUT2D eigenvalue weighted by molar-refractivity contribution is 7.80. The van der Waals surface area contributed by atoms with Gasteiger partial charge in [-0.2, -0.15) is 0 Å². The van der Waals surface area contributed by atoms with E-state index in [0.29, 0.717) is 5.11 Å². The van der Waals surface area contributed by atoms with Gasteiger partial charge in [0.1, 0.15) is 6.04 Å². The van der Waals surface area contributed by atoms with Crippen LogP contribution in [-0.2, 0) is 6.42 Å². The number of nitrogens with zero attached hydrogens (tertiary/aromatic N) is 3. The molecule has 0 saturated carbocycles. The number of hydrogen-bond donors (Lipinski definition) is 1. The Hall–Kier alpha value is -3.44. The molecule has 160 valence electrons. The molecule has 5 rings (SSSR count). The number of nitrogens with one attached hydrogen (secondary N) is 1. The Balaban J connectivity index is 1.66. The summed E-state index contributed by atoms with van der Waals surface area (Å²) in [7, 11) is 0. The molecule has 4 nitrogen and oxygen atoms in total. The number of aryl methyl sites for hydroxylation is 2. The van der Waals surface area contributed by atoms with Crippen LogP contribution >= 0.6 is 12.2 Å². The number of thiocarbonyl (C=S) groups is 1. The van der Waals surface area contributed by atoms with Crippen molar-refractivity contribution in [3.63, 3.8) is 0 Å². The smallest absolute Gasteiger partial charge is 0.174 e. The number of aromatic nitrogens is 2. The summed E-state index contributed by atoms with van der Waals surface area (Å²) in [6.45, 7) is 4.32. The molecule has 2 aromatic heterocycles. The lowest BCUT2D eigenvalue weighted by Crippen LogP contribution is -2.30. The van der Waals surface area contributed by atoms with Crippen molar-refractivity contribution in [3.8, 4) is 5.69 Å². The Morgan fingerprint density at radius 1 is 0.938 bits per heavy atom. The summed E-state index contributed by atoms with van der Waals surface area (Å²) in [5.41, 5.74) is 6.94. The minimum Gasteiger partial charge on any atom is -0.351 e. The molecule has 0 spiro atoms. The molecule has 1 aliphatic heterocycles. The molecule has 1 N–H and O–H groups in total. The Morgan fingerprint density at radius 2 is 1.72 bits per heavy atom. The van der Waals surface area contributed by atoms with E-state index >= 15 is 0 Å². The number of para-hydroxylation sites is 1. The Labute approximate surface area is 194 Å². The Kier molecular flexibility index (Phi) is 5.50. The van der Waals surface area contributed by atoms with Crippen molar-refractivity contribution in [1.29, 1.82) is 0 Å². The van der Waals surface area contributed by atoms with Crippen molar-refractivity contribution in [1.82, 2.24) is 14.9 Å². The fourth-order valence-corrected chi connectivity index (χ4v) is 4.86. The van der Waals surface area contributed by atoms with Crippen LogP contribution in [0.25, 0.3) is 5.69 Å². The molecule has 2 aromatic carbocycles. The van der Waals surface area contributed by atoms with E-state index in [2.05, 4.69) is 107 Å². The molecule has 2 atom stereocenters. The van der Waals surface area contributed by atoms with Gasteiger partial charge in [0.05, 0.1) is 11.7 Å². The van der Waals surface area contributed by atoms with Gasteiger partial charge in [-0.15, -0.1) is 0 Å². The fraction of sp³-hybridized carbons (Fsp3) is 0.185. The normalized spacial score (nSPS) is 18.1. The lowest BCUT2D eigenvalue weighted by atomic mass is 10.00. The van der Waals surface area contributed by atoms with Crippen molar-refractivity contribution in [3.05, 3.63) is 114 Å². The lowest BCUT2D eigenvalue weighted by molar-refractivity contribution is 0.549. The van der Waals surface area contributed by atoms with Crippen molar-refractivity contribution in [2.45, 2.75) is 32.4 Å². The molecule has 0 bridgehead atoms. The molecular formula is C27H26N4S. The van der Waals surface area contributed by atoms with Crippen LogP contribution in [0.2, 0.25) is 0 Å². The van der Waals surface area contributed by atoms with Crippen molar-refractivity contribution < 1.29 is 0 Å². The highest BCUT2D eigenvalue weighted by Gasteiger charge is 2.42. The quantitative estimate of drug-likeness (QED) is 0.392. The first kappa shape index (κ1) is 20.5. The topological polar surface area (TPSA) is 33.1 Å². The lowest BCUT2D eigenvalue weighted by Gasteiger charge is -2.29. The molecule has 0 radical (unpaired) electrons. The van der Waals surface area contributed by atoms with E-state index in [0.717, 1.165) is 17.8 Å². The van der Waals surface area contributed by atoms with Gasteiger partial charge < -0.3 is 14.8 Å².